The lowest BCUT2D eigenvalue weighted by molar-refractivity contribution is -0.144. The molecular weight excluding hydrogens is 270 g/mol. The normalized spacial score (nSPS) is 15.8. The van der Waals surface area contributed by atoms with Gasteiger partial charge in [0.15, 0.2) is 0 Å². The van der Waals surface area contributed by atoms with Crippen LogP contribution < -0.4 is 5.32 Å². The number of carboxylic acid groups (broad SMARTS) is 1. The van der Waals surface area contributed by atoms with Crippen molar-refractivity contribution in [3.8, 4) is 6.07 Å². The maximum absolute atomic E-state index is 12.1. The summed E-state index contributed by atoms with van der Waals surface area (Å²) in [6.45, 7) is 4.30. The molecule has 2 N–H and O–H groups in total. The van der Waals surface area contributed by atoms with E-state index in [9.17, 15) is 9.59 Å². The van der Waals surface area contributed by atoms with Gasteiger partial charge in [-0.15, -0.1) is 0 Å². The van der Waals surface area contributed by atoms with E-state index in [1.54, 1.807) is 24.0 Å². The monoisotopic (exact) mass is 287 g/mol. The minimum Gasteiger partial charge on any atom is -0.481 e. The maximum atomic E-state index is 12.1. The summed E-state index contributed by atoms with van der Waals surface area (Å²) in [5, 5.41) is 20.7. The molecule has 1 heterocycles. The number of hydrogen-bond donors (Lipinski definition) is 2. The molecule has 1 aliphatic rings. The van der Waals surface area contributed by atoms with Gasteiger partial charge in [-0.05, 0) is 18.6 Å². The Balaban J connectivity index is 1.98. The van der Waals surface area contributed by atoms with E-state index in [-0.39, 0.29) is 11.9 Å². The Morgan fingerprint density at radius 2 is 2.14 bits per heavy atom. The van der Waals surface area contributed by atoms with Crippen molar-refractivity contribution >= 4 is 17.7 Å². The third-order valence-electron chi connectivity index (χ3n) is 3.92. The van der Waals surface area contributed by atoms with Gasteiger partial charge in [0.05, 0.1) is 17.2 Å². The average Bonchev–Trinajstić information content (AvgIpc) is 2.37. The van der Waals surface area contributed by atoms with Gasteiger partial charge in [-0.25, -0.2) is 4.79 Å². The van der Waals surface area contributed by atoms with Crippen LogP contribution in [-0.2, 0) is 4.79 Å². The van der Waals surface area contributed by atoms with Crippen molar-refractivity contribution in [3.63, 3.8) is 0 Å². The van der Waals surface area contributed by atoms with E-state index < -0.39 is 11.9 Å². The van der Waals surface area contributed by atoms with Gasteiger partial charge in [0, 0.05) is 19.0 Å². The Morgan fingerprint density at radius 1 is 1.48 bits per heavy atom. The predicted molar refractivity (Wildman–Crippen MR) is 76.8 cm³/mol. The van der Waals surface area contributed by atoms with E-state index in [1.807, 2.05) is 13.0 Å². The highest BCUT2D eigenvalue weighted by atomic mass is 16.4. The quantitative estimate of drug-likeness (QED) is 0.889. The number of carbonyl (C=O) groups is 2. The second-order valence-electron chi connectivity index (χ2n) is 5.33. The molecular formula is C15H17N3O3. The van der Waals surface area contributed by atoms with E-state index in [0.29, 0.717) is 24.3 Å². The number of amides is 2. The number of hydrogen-bond acceptors (Lipinski definition) is 3. The standard InChI is InChI=1S/C15H17N3O3/c1-9-4-3-5-13(12(9)6-16)17-15(21)18-7-11(8-18)10(2)14(19)20/h3-5,10-11H,7-8H2,1-2H3,(H,17,21)(H,19,20). The van der Waals surface area contributed by atoms with Crippen molar-refractivity contribution in [2.24, 2.45) is 11.8 Å². The molecule has 1 aromatic rings. The molecule has 2 rings (SSSR count). The van der Waals surface area contributed by atoms with Gasteiger partial charge in [-0.2, -0.15) is 5.26 Å². The van der Waals surface area contributed by atoms with Crippen molar-refractivity contribution in [2.75, 3.05) is 18.4 Å². The van der Waals surface area contributed by atoms with Crippen LogP contribution in [0.1, 0.15) is 18.1 Å². The third-order valence-corrected chi connectivity index (χ3v) is 3.92. The molecule has 6 heteroatoms. The highest BCUT2D eigenvalue weighted by molar-refractivity contribution is 5.91. The predicted octanol–water partition coefficient (Wildman–Crippen LogP) is 2.05. The van der Waals surface area contributed by atoms with Crippen LogP contribution >= 0.6 is 0 Å². The molecule has 0 radical (unpaired) electrons. The van der Waals surface area contributed by atoms with Crippen molar-refractivity contribution in [2.45, 2.75) is 13.8 Å². The minimum absolute atomic E-state index is 0.0128. The minimum atomic E-state index is -0.842. The molecule has 1 aliphatic heterocycles. The highest BCUT2D eigenvalue weighted by Crippen LogP contribution is 2.25. The lowest BCUT2D eigenvalue weighted by Gasteiger charge is -2.41. The average molecular weight is 287 g/mol. The summed E-state index contributed by atoms with van der Waals surface area (Å²) in [6.07, 6.45) is 0. The highest BCUT2D eigenvalue weighted by Gasteiger charge is 2.37. The Labute approximate surface area is 123 Å². The van der Waals surface area contributed by atoms with E-state index in [2.05, 4.69) is 11.4 Å². The number of carbonyl (C=O) groups excluding carboxylic acids is 1. The van der Waals surface area contributed by atoms with Crippen LogP contribution in [0, 0.1) is 30.1 Å². The SMILES string of the molecule is Cc1cccc(NC(=O)N2CC(C(C)C(=O)O)C2)c1C#N. The molecule has 0 bridgehead atoms. The summed E-state index contributed by atoms with van der Waals surface area (Å²) in [5.74, 6) is -1.31. The van der Waals surface area contributed by atoms with Gasteiger partial charge in [0.25, 0.3) is 0 Å². The van der Waals surface area contributed by atoms with Crippen LogP contribution in [0.2, 0.25) is 0 Å². The number of nitriles is 1. The van der Waals surface area contributed by atoms with Crippen LogP contribution in [0.5, 0.6) is 0 Å². The summed E-state index contributed by atoms with van der Waals surface area (Å²) in [6, 6.07) is 7.04. The fraction of sp³-hybridized carbons (Fsp3) is 0.400. The molecule has 1 unspecified atom stereocenters. The lowest BCUT2D eigenvalue weighted by atomic mass is 9.87. The maximum Gasteiger partial charge on any atom is 0.321 e. The number of nitrogens with zero attached hydrogens (tertiary/aromatic N) is 2. The molecule has 1 aromatic carbocycles. The Kier molecular flexibility index (Phi) is 4.13. The molecule has 2 amide bonds. The number of likely N-dealkylation sites (tertiary alicyclic amines) is 1. The number of carboxylic acids is 1. The zero-order valence-electron chi connectivity index (χ0n) is 12.0. The van der Waals surface area contributed by atoms with Crippen molar-refractivity contribution < 1.29 is 14.7 Å². The van der Waals surface area contributed by atoms with Crippen molar-refractivity contribution in [1.82, 2.24) is 4.90 Å². The fourth-order valence-electron chi connectivity index (χ4n) is 2.31. The van der Waals surface area contributed by atoms with Crippen LogP contribution in [0.4, 0.5) is 10.5 Å². The summed E-state index contributed by atoms with van der Waals surface area (Å²) in [7, 11) is 0. The zero-order chi connectivity index (χ0) is 15.6. The van der Waals surface area contributed by atoms with Gasteiger partial charge >= 0.3 is 12.0 Å². The molecule has 6 nitrogen and oxygen atoms in total. The van der Waals surface area contributed by atoms with E-state index in [0.717, 1.165) is 5.56 Å². The van der Waals surface area contributed by atoms with Crippen LogP contribution in [-0.4, -0.2) is 35.1 Å². The van der Waals surface area contributed by atoms with Gasteiger partial charge in [0.1, 0.15) is 6.07 Å². The van der Waals surface area contributed by atoms with Crippen molar-refractivity contribution in [1.29, 1.82) is 5.26 Å². The molecule has 0 aromatic heterocycles. The number of nitrogens with one attached hydrogen (secondary N) is 1. The molecule has 1 fully saturated rings. The Morgan fingerprint density at radius 3 is 2.71 bits per heavy atom. The largest absolute Gasteiger partial charge is 0.481 e. The van der Waals surface area contributed by atoms with Crippen LogP contribution in [0.15, 0.2) is 18.2 Å². The van der Waals surface area contributed by atoms with Crippen LogP contribution in [0.25, 0.3) is 0 Å². The molecule has 0 saturated carbocycles. The smallest absolute Gasteiger partial charge is 0.321 e. The number of aliphatic carboxylic acids is 1. The summed E-state index contributed by atoms with van der Waals surface area (Å²) in [5.41, 5.74) is 1.73. The molecule has 21 heavy (non-hydrogen) atoms. The summed E-state index contributed by atoms with van der Waals surface area (Å²) >= 11 is 0. The second kappa shape index (κ2) is 5.83. The summed E-state index contributed by atoms with van der Waals surface area (Å²) in [4.78, 5) is 24.5. The Hall–Kier alpha value is -2.55. The fourth-order valence-corrected chi connectivity index (χ4v) is 2.31. The number of benzene rings is 1. The van der Waals surface area contributed by atoms with Gasteiger partial charge in [-0.3, -0.25) is 4.79 Å². The first-order valence-electron chi connectivity index (χ1n) is 6.72. The first-order chi connectivity index (χ1) is 9.93. The topological polar surface area (TPSA) is 93.4 Å². The van der Waals surface area contributed by atoms with Gasteiger partial charge in [-0.1, -0.05) is 19.1 Å². The second-order valence-corrected chi connectivity index (χ2v) is 5.33. The number of aryl methyl sites for hydroxylation is 1. The van der Waals surface area contributed by atoms with Gasteiger partial charge < -0.3 is 15.3 Å². The van der Waals surface area contributed by atoms with Gasteiger partial charge in [0.2, 0.25) is 0 Å². The zero-order valence-corrected chi connectivity index (χ0v) is 12.0. The first-order valence-corrected chi connectivity index (χ1v) is 6.72. The molecule has 0 aliphatic carbocycles. The molecule has 0 spiro atoms. The number of urea groups is 1. The number of anilines is 1. The van der Waals surface area contributed by atoms with Crippen LogP contribution in [0.3, 0.4) is 0 Å². The lowest BCUT2D eigenvalue weighted by Crippen LogP contribution is -2.54. The number of rotatable bonds is 3. The molecule has 1 saturated heterocycles. The summed E-state index contributed by atoms with van der Waals surface area (Å²) < 4.78 is 0. The molecule has 1 atom stereocenters. The van der Waals surface area contributed by atoms with E-state index in [1.165, 1.54) is 0 Å². The first kappa shape index (κ1) is 14.9. The van der Waals surface area contributed by atoms with Crippen molar-refractivity contribution in [3.05, 3.63) is 29.3 Å². The van der Waals surface area contributed by atoms with E-state index >= 15 is 0 Å². The third kappa shape index (κ3) is 2.97. The Bertz CT molecular complexity index is 615. The van der Waals surface area contributed by atoms with E-state index in [4.69, 9.17) is 10.4 Å². The molecule has 110 valence electrons.